The molecule has 86 valence electrons. The zero-order chi connectivity index (χ0) is 12.3. The van der Waals surface area contributed by atoms with Gasteiger partial charge in [0.2, 0.25) is 0 Å². The summed E-state index contributed by atoms with van der Waals surface area (Å²) in [4.78, 5) is 15.1. The lowest BCUT2D eigenvalue weighted by molar-refractivity contribution is 0.0696. The number of carboxylic acids is 1. The molecule has 0 spiro atoms. The van der Waals surface area contributed by atoms with E-state index in [9.17, 15) is 4.79 Å². The summed E-state index contributed by atoms with van der Waals surface area (Å²) in [6.45, 7) is 1.77. The molecule has 0 unspecified atom stereocenters. The number of carbonyl (C=O) groups is 1. The number of anilines is 2. The van der Waals surface area contributed by atoms with E-state index in [2.05, 4.69) is 10.3 Å². The number of nitrogens with one attached hydrogen (secondary N) is 1. The lowest BCUT2D eigenvalue weighted by Gasteiger charge is -2.10. The third kappa shape index (κ3) is 2.42. The molecule has 4 nitrogen and oxygen atoms in total. The Morgan fingerprint density at radius 1 is 1.24 bits per heavy atom. The largest absolute Gasteiger partial charge is 0.478 e. The second-order valence-electron chi connectivity index (χ2n) is 3.62. The summed E-state index contributed by atoms with van der Waals surface area (Å²) in [6, 6.07) is 10.6. The summed E-state index contributed by atoms with van der Waals surface area (Å²) in [5.74, 6) is -0.231. The first-order valence-corrected chi connectivity index (χ1v) is 5.19. The van der Waals surface area contributed by atoms with Gasteiger partial charge in [0.05, 0.1) is 5.56 Å². The van der Waals surface area contributed by atoms with Crippen molar-refractivity contribution >= 4 is 17.5 Å². The second-order valence-corrected chi connectivity index (χ2v) is 3.62. The average molecular weight is 228 g/mol. The zero-order valence-electron chi connectivity index (χ0n) is 9.34. The Balaban J connectivity index is 2.34. The molecule has 0 saturated carbocycles. The molecule has 0 bridgehead atoms. The van der Waals surface area contributed by atoms with Crippen LogP contribution in [0.3, 0.4) is 0 Å². The van der Waals surface area contributed by atoms with Crippen LogP contribution in [0.15, 0.2) is 42.6 Å². The molecule has 1 aromatic carbocycles. The molecule has 0 aliphatic heterocycles. The predicted octanol–water partition coefficient (Wildman–Crippen LogP) is 2.83. The summed E-state index contributed by atoms with van der Waals surface area (Å²) in [7, 11) is 0. The van der Waals surface area contributed by atoms with Crippen molar-refractivity contribution in [3.05, 3.63) is 53.7 Å². The Hall–Kier alpha value is -2.36. The molecular weight excluding hydrogens is 216 g/mol. The summed E-state index contributed by atoms with van der Waals surface area (Å²) in [5.41, 5.74) is 1.75. The first-order chi connectivity index (χ1) is 8.18. The van der Waals surface area contributed by atoms with Crippen LogP contribution in [-0.2, 0) is 0 Å². The molecule has 0 saturated heterocycles. The lowest BCUT2D eigenvalue weighted by atomic mass is 10.1. The molecule has 2 aromatic rings. The van der Waals surface area contributed by atoms with Crippen LogP contribution < -0.4 is 5.32 Å². The van der Waals surface area contributed by atoms with Crippen molar-refractivity contribution in [3.8, 4) is 0 Å². The topological polar surface area (TPSA) is 62.2 Å². The number of aromatic carboxylic acids is 1. The van der Waals surface area contributed by atoms with E-state index in [4.69, 9.17) is 5.11 Å². The van der Waals surface area contributed by atoms with Gasteiger partial charge in [-0.05, 0) is 36.8 Å². The van der Waals surface area contributed by atoms with Gasteiger partial charge in [0, 0.05) is 11.9 Å². The highest BCUT2D eigenvalue weighted by Crippen LogP contribution is 2.21. The highest BCUT2D eigenvalue weighted by Gasteiger charge is 2.09. The van der Waals surface area contributed by atoms with Gasteiger partial charge in [-0.1, -0.05) is 12.1 Å². The molecule has 0 amide bonds. The summed E-state index contributed by atoms with van der Waals surface area (Å²) >= 11 is 0. The van der Waals surface area contributed by atoms with Gasteiger partial charge in [0.25, 0.3) is 0 Å². The quantitative estimate of drug-likeness (QED) is 0.847. The molecule has 0 atom stereocenters. The molecule has 0 aliphatic carbocycles. The maximum Gasteiger partial charge on any atom is 0.336 e. The van der Waals surface area contributed by atoms with Crippen LogP contribution in [-0.4, -0.2) is 16.1 Å². The van der Waals surface area contributed by atoms with Gasteiger partial charge < -0.3 is 10.4 Å². The molecule has 1 aromatic heterocycles. The van der Waals surface area contributed by atoms with E-state index in [1.807, 2.05) is 24.3 Å². The Morgan fingerprint density at radius 2 is 2.06 bits per heavy atom. The number of benzene rings is 1. The van der Waals surface area contributed by atoms with Gasteiger partial charge in [0.1, 0.15) is 5.82 Å². The number of rotatable bonds is 3. The predicted molar refractivity (Wildman–Crippen MR) is 65.7 cm³/mol. The number of nitrogens with zero attached hydrogens (tertiary/aromatic N) is 1. The molecule has 0 aliphatic rings. The van der Waals surface area contributed by atoms with Crippen molar-refractivity contribution in [2.75, 3.05) is 5.32 Å². The van der Waals surface area contributed by atoms with Crippen molar-refractivity contribution in [1.29, 1.82) is 0 Å². The van der Waals surface area contributed by atoms with Gasteiger partial charge in [-0.2, -0.15) is 0 Å². The van der Waals surface area contributed by atoms with Gasteiger partial charge in [-0.25, -0.2) is 9.78 Å². The van der Waals surface area contributed by atoms with Crippen LogP contribution in [0.2, 0.25) is 0 Å². The minimum Gasteiger partial charge on any atom is -0.478 e. The molecule has 0 radical (unpaired) electrons. The van der Waals surface area contributed by atoms with Crippen LogP contribution >= 0.6 is 0 Å². The van der Waals surface area contributed by atoms with Crippen LogP contribution in [0.25, 0.3) is 0 Å². The van der Waals surface area contributed by atoms with E-state index in [1.54, 1.807) is 25.3 Å². The Morgan fingerprint density at radius 3 is 2.71 bits per heavy atom. The lowest BCUT2D eigenvalue weighted by Crippen LogP contribution is -2.03. The molecule has 2 rings (SSSR count). The van der Waals surface area contributed by atoms with Gasteiger partial charge in [0.15, 0.2) is 0 Å². The number of carboxylic acid groups (broad SMARTS) is 1. The van der Waals surface area contributed by atoms with E-state index in [0.29, 0.717) is 16.9 Å². The Kier molecular flexibility index (Phi) is 3.05. The van der Waals surface area contributed by atoms with E-state index in [-0.39, 0.29) is 0 Å². The minimum atomic E-state index is -0.924. The van der Waals surface area contributed by atoms with Crippen molar-refractivity contribution in [2.45, 2.75) is 6.92 Å². The van der Waals surface area contributed by atoms with Crippen LogP contribution in [0.4, 0.5) is 11.5 Å². The third-order valence-corrected chi connectivity index (χ3v) is 2.49. The number of hydrogen-bond donors (Lipinski definition) is 2. The van der Waals surface area contributed by atoms with Gasteiger partial charge >= 0.3 is 5.97 Å². The minimum absolute atomic E-state index is 0.297. The molecular formula is C13H12N2O2. The van der Waals surface area contributed by atoms with Crippen molar-refractivity contribution in [2.24, 2.45) is 0 Å². The second kappa shape index (κ2) is 4.65. The SMILES string of the molecule is Cc1c(Nc2ccccn2)cccc1C(=O)O. The maximum atomic E-state index is 11.0. The maximum absolute atomic E-state index is 11.0. The third-order valence-electron chi connectivity index (χ3n) is 2.49. The Bertz CT molecular complexity index is 538. The van der Waals surface area contributed by atoms with E-state index < -0.39 is 5.97 Å². The molecule has 17 heavy (non-hydrogen) atoms. The van der Waals surface area contributed by atoms with Gasteiger partial charge in [-0.3, -0.25) is 0 Å². The molecule has 0 fully saturated rings. The van der Waals surface area contributed by atoms with E-state index >= 15 is 0 Å². The number of pyridine rings is 1. The zero-order valence-corrected chi connectivity index (χ0v) is 9.34. The first kappa shape index (κ1) is 11.1. The fraction of sp³-hybridized carbons (Fsp3) is 0.0769. The summed E-state index contributed by atoms with van der Waals surface area (Å²) < 4.78 is 0. The molecule has 1 heterocycles. The van der Waals surface area contributed by atoms with Crippen molar-refractivity contribution < 1.29 is 9.90 Å². The normalized spacial score (nSPS) is 9.94. The van der Waals surface area contributed by atoms with Crippen LogP contribution in [0, 0.1) is 6.92 Å². The first-order valence-electron chi connectivity index (χ1n) is 5.19. The van der Waals surface area contributed by atoms with E-state index in [1.165, 1.54) is 0 Å². The van der Waals surface area contributed by atoms with E-state index in [0.717, 1.165) is 5.69 Å². The molecule has 4 heteroatoms. The fourth-order valence-corrected chi connectivity index (χ4v) is 1.58. The van der Waals surface area contributed by atoms with Gasteiger partial charge in [-0.15, -0.1) is 0 Å². The smallest absolute Gasteiger partial charge is 0.336 e. The monoisotopic (exact) mass is 228 g/mol. The number of aromatic nitrogens is 1. The average Bonchev–Trinajstić information content (AvgIpc) is 2.33. The molecule has 2 N–H and O–H groups in total. The standard InChI is InChI=1S/C13H12N2O2/c1-9-10(13(16)17)5-4-6-11(9)15-12-7-2-3-8-14-12/h2-8H,1H3,(H,14,15)(H,16,17). The van der Waals surface area contributed by atoms with Crippen LogP contribution in [0.1, 0.15) is 15.9 Å². The fourth-order valence-electron chi connectivity index (χ4n) is 1.58. The van der Waals surface area contributed by atoms with Crippen molar-refractivity contribution in [1.82, 2.24) is 4.98 Å². The summed E-state index contributed by atoms with van der Waals surface area (Å²) in [6.07, 6.45) is 1.68. The highest BCUT2D eigenvalue weighted by atomic mass is 16.4. The van der Waals surface area contributed by atoms with Crippen LogP contribution in [0.5, 0.6) is 0 Å². The highest BCUT2D eigenvalue weighted by molar-refractivity contribution is 5.91. The van der Waals surface area contributed by atoms with Crippen molar-refractivity contribution in [3.63, 3.8) is 0 Å². The number of hydrogen-bond acceptors (Lipinski definition) is 3. The Labute approximate surface area is 98.9 Å². The summed E-state index contributed by atoms with van der Waals surface area (Å²) in [5, 5.41) is 12.1.